The van der Waals surface area contributed by atoms with Gasteiger partial charge in [-0.3, -0.25) is 4.99 Å². The third-order valence-electron chi connectivity index (χ3n) is 4.22. The summed E-state index contributed by atoms with van der Waals surface area (Å²) in [6.07, 6.45) is 5.29. The fraction of sp³-hybridized carbons (Fsp3) is 0.294. The summed E-state index contributed by atoms with van der Waals surface area (Å²) in [7, 11) is 0. The summed E-state index contributed by atoms with van der Waals surface area (Å²) in [6.45, 7) is 0.703. The molecule has 0 saturated heterocycles. The lowest BCUT2D eigenvalue weighted by Gasteiger charge is -2.41. The standard InChI is InChI=1S/C17H19BrN4/c18-14-6-3-5-13(11-14)17(8-4-9-17)12-21-16(19)22-15-7-1-2-10-20-15/h1-3,5-7,10-11H,4,8-9,12H2,(H3,19,20,21,22). The van der Waals surface area contributed by atoms with Crippen LogP contribution in [0.15, 0.2) is 58.1 Å². The maximum Gasteiger partial charge on any atom is 0.194 e. The molecule has 5 heteroatoms. The van der Waals surface area contributed by atoms with Crippen molar-refractivity contribution in [3.63, 3.8) is 0 Å². The van der Waals surface area contributed by atoms with E-state index in [1.165, 1.54) is 12.0 Å². The zero-order valence-corrected chi connectivity index (χ0v) is 13.9. The van der Waals surface area contributed by atoms with Crippen LogP contribution in [0.5, 0.6) is 0 Å². The Morgan fingerprint density at radius 2 is 2.14 bits per heavy atom. The lowest BCUT2D eigenvalue weighted by Crippen LogP contribution is -2.38. The van der Waals surface area contributed by atoms with Gasteiger partial charge in [-0.05, 0) is 42.7 Å². The maximum atomic E-state index is 5.99. The van der Waals surface area contributed by atoms with Gasteiger partial charge in [0, 0.05) is 16.1 Å². The molecule has 0 radical (unpaired) electrons. The number of nitrogens with one attached hydrogen (secondary N) is 1. The fourth-order valence-electron chi connectivity index (χ4n) is 2.80. The first-order valence-electron chi connectivity index (χ1n) is 7.42. The number of halogens is 1. The minimum absolute atomic E-state index is 0.125. The van der Waals surface area contributed by atoms with E-state index in [2.05, 4.69) is 55.5 Å². The highest BCUT2D eigenvalue weighted by atomic mass is 79.9. The molecule has 1 aliphatic carbocycles. The predicted octanol–water partition coefficient (Wildman–Crippen LogP) is 3.69. The summed E-state index contributed by atoms with van der Waals surface area (Å²) in [6, 6.07) is 14.2. The van der Waals surface area contributed by atoms with Crippen molar-refractivity contribution >= 4 is 27.7 Å². The Labute approximate surface area is 139 Å². The number of rotatable bonds is 4. The average Bonchev–Trinajstić information content (AvgIpc) is 2.47. The van der Waals surface area contributed by atoms with Crippen LogP contribution in [0.3, 0.4) is 0 Å². The highest BCUT2D eigenvalue weighted by Crippen LogP contribution is 2.44. The van der Waals surface area contributed by atoms with Gasteiger partial charge in [0.05, 0.1) is 6.54 Å². The number of nitrogens with zero attached hydrogens (tertiary/aromatic N) is 2. The minimum Gasteiger partial charge on any atom is -0.370 e. The molecule has 0 atom stereocenters. The number of hydrogen-bond acceptors (Lipinski definition) is 2. The second kappa shape index (κ2) is 6.48. The van der Waals surface area contributed by atoms with Crippen LogP contribution >= 0.6 is 15.9 Å². The SMILES string of the molecule is NC(=NCC1(c2cccc(Br)c2)CCC1)Nc1ccccn1. The quantitative estimate of drug-likeness (QED) is 0.646. The molecule has 1 heterocycles. The highest BCUT2D eigenvalue weighted by Gasteiger charge is 2.38. The van der Waals surface area contributed by atoms with Crippen molar-refractivity contribution in [1.82, 2.24) is 4.98 Å². The topological polar surface area (TPSA) is 63.3 Å². The van der Waals surface area contributed by atoms with E-state index in [9.17, 15) is 0 Å². The summed E-state index contributed by atoms with van der Waals surface area (Å²) in [5, 5.41) is 3.03. The first-order valence-corrected chi connectivity index (χ1v) is 8.21. The summed E-state index contributed by atoms with van der Waals surface area (Å²) in [5.74, 6) is 1.13. The van der Waals surface area contributed by atoms with Crippen LogP contribution in [0.4, 0.5) is 5.82 Å². The molecule has 3 rings (SSSR count). The van der Waals surface area contributed by atoms with Crippen molar-refractivity contribution in [2.45, 2.75) is 24.7 Å². The molecule has 1 fully saturated rings. The van der Waals surface area contributed by atoms with E-state index in [4.69, 9.17) is 5.73 Å². The second-order valence-electron chi connectivity index (χ2n) is 5.69. The van der Waals surface area contributed by atoms with Crippen LogP contribution in [0, 0.1) is 0 Å². The van der Waals surface area contributed by atoms with E-state index in [-0.39, 0.29) is 5.41 Å². The number of guanidine groups is 1. The molecular formula is C17H19BrN4. The van der Waals surface area contributed by atoms with Gasteiger partial charge in [-0.1, -0.05) is 40.5 Å². The molecule has 1 aromatic heterocycles. The Hall–Kier alpha value is -1.88. The maximum absolute atomic E-state index is 5.99. The van der Waals surface area contributed by atoms with Crippen molar-refractivity contribution in [2.24, 2.45) is 10.7 Å². The summed E-state index contributed by atoms with van der Waals surface area (Å²) in [5.41, 5.74) is 7.45. The van der Waals surface area contributed by atoms with Crippen LogP contribution in [-0.4, -0.2) is 17.5 Å². The highest BCUT2D eigenvalue weighted by molar-refractivity contribution is 9.10. The third-order valence-corrected chi connectivity index (χ3v) is 4.71. The summed E-state index contributed by atoms with van der Waals surface area (Å²) in [4.78, 5) is 8.74. The smallest absolute Gasteiger partial charge is 0.194 e. The number of pyridine rings is 1. The van der Waals surface area contributed by atoms with Gasteiger partial charge in [-0.2, -0.15) is 0 Å². The van der Waals surface area contributed by atoms with Gasteiger partial charge in [-0.25, -0.2) is 4.98 Å². The van der Waals surface area contributed by atoms with Crippen LogP contribution in [0.2, 0.25) is 0 Å². The Kier molecular flexibility index (Phi) is 4.43. The average molecular weight is 359 g/mol. The molecule has 4 nitrogen and oxygen atoms in total. The van der Waals surface area contributed by atoms with E-state index < -0.39 is 0 Å². The van der Waals surface area contributed by atoms with E-state index in [0.717, 1.165) is 17.3 Å². The number of hydrogen-bond donors (Lipinski definition) is 2. The zero-order valence-electron chi connectivity index (χ0n) is 12.3. The molecule has 0 amide bonds. The van der Waals surface area contributed by atoms with Crippen LogP contribution in [0.1, 0.15) is 24.8 Å². The number of aromatic nitrogens is 1. The van der Waals surface area contributed by atoms with Crippen molar-refractivity contribution in [1.29, 1.82) is 0 Å². The molecular weight excluding hydrogens is 340 g/mol. The van der Waals surface area contributed by atoms with Gasteiger partial charge in [-0.15, -0.1) is 0 Å². The van der Waals surface area contributed by atoms with Gasteiger partial charge >= 0.3 is 0 Å². The van der Waals surface area contributed by atoms with Gasteiger partial charge in [0.2, 0.25) is 0 Å². The second-order valence-corrected chi connectivity index (χ2v) is 6.60. The van der Waals surface area contributed by atoms with Gasteiger partial charge in [0.1, 0.15) is 5.82 Å². The zero-order chi connectivity index (χ0) is 15.4. The molecule has 0 aliphatic heterocycles. The molecule has 2 aromatic rings. The van der Waals surface area contributed by atoms with Crippen LogP contribution in [0.25, 0.3) is 0 Å². The summed E-state index contributed by atoms with van der Waals surface area (Å²) >= 11 is 3.55. The van der Waals surface area contributed by atoms with Gasteiger partial charge < -0.3 is 11.1 Å². The van der Waals surface area contributed by atoms with Crippen molar-refractivity contribution in [2.75, 3.05) is 11.9 Å². The Balaban J connectivity index is 1.72. The Bertz CT molecular complexity index is 665. The molecule has 0 bridgehead atoms. The molecule has 1 aliphatic rings. The number of benzene rings is 1. The monoisotopic (exact) mass is 358 g/mol. The van der Waals surface area contributed by atoms with Gasteiger partial charge in [0.15, 0.2) is 5.96 Å². The lowest BCUT2D eigenvalue weighted by atomic mass is 9.64. The molecule has 1 aromatic carbocycles. The van der Waals surface area contributed by atoms with Gasteiger partial charge in [0.25, 0.3) is 0 Å². The Morgan fingerprint density at radius 1 is 1.27 bits per heavy atom. The molecule has 1 saturated carbocycles. The van der Waals surface area contributed by atoms with Crippen molar-refractivity contribution in [3.05, 3.63) is 58.7 Å². The molecule has 114 valence electrons. The van der Waals surface area contributed by atoms with E-state index in [1.54, 1.807) is 6.20 Å². The lowest BCUT2D eigenvalue weighted by molar-refractivity contribution is 0.253. The third kappa shape index (κ3) is 3.30. The van der Waals surface area contributed by atoms with E-state index in [0.29, 0.717) is 18.3 Å². The predicted molar refractivity (Wildman–Crippen MR) is 94.0 cm³/mol. The Morgan fingerprint density at radius 3 is 2.77 bits per heavy atom. The van der Waals surface area contributed by atoms with E-state index >= 15 is 0 Å². The summed E-state index contributed by atoms with van der Waals surface area (Å²) < 4.78 is 1.11. The molecule has 22 heavy (non-hydrogen) atoms. The number of aliphatic imine (C=N–C) groups is 1. The molecule has 3 N–H and O–H groups in total. The fourth-order valence-corrected chi connectivity index (χ4v) is 3.20. The van der Waals surface area contributed by atoms with E-state index in [1.807, 2.05) is 18.2 Å². The number of anilines is 1. The van der Waals surface area contributed by atoms with Crippen LogP contribution < -0.4 is 11.1 Å². The van der Waals surface area contributed by atoms with Crippen LogP contribution in [-0.2, 0) is 5.41 Å². The molecule has 0 spiro atoms. The first-order chi connectivity index (χ1) is 10.7. The first kappa shape index (κ1) is 15.0. The van der Waals surface area contributed by atoms with Crippen molar-refractivity contribution < 1.29 is 0 Å². The number of nitrogens with two attached hydrogens (primary N) is 1. The minimum atomic E-state index is 0.125. The largest absolute Gasteiger partial charge is 0.370 e. The van der Waals surface area contributed by atoms with Crippen molar-refractivity contribution in [3.8, 4) is 0 Å². The normalized spacial score (nSPS) is 16.9. The molecule has 0 unspecified atom stereocenters.